The fourth-order valence-electron chi connectivity index (χ4n) is 1.93. The van der Waals surface area contributed by atoms with Crippen LogP contribution in [0.4, 0.5) is 0 Å². The molecule has 0 atom stereocenters. The Morgan fingerprint density at radius 1 is 1.26 bits per heavy atom. The number of aromatic nitrogens is 1. The molecule has 1 aromatic heterocycles. The van der Waals surface area contributed by atoms with Gasteiger partial charge in [0.1, 0.15) is 12.4 Å². The number of aliphatic hydroxyl groups excluding tert-OH is 1. The van der Waals surface area contributed by atoms with Gasteiger partial charge in [-0.1, -0.05) is 22.0 Å². The second-order valence-corrected chi connectivity index (χ2v) is 5.34. The topological polar surface area (TPSA) is 42.4 Å². The molecule has 2 rings (SSSR count). The molecule has 3 nitrogen and oxygen atoms in total. The van der Waals surface area contributed by atoms with Gasteiger partial charge in [0.15, 0.2) is 0 Å². The molecule has 0 aliphatic carbocycles. The molecule has 100 valence electrons. The van der Waals surface area contributed by atoms with Crippen LogP contribution in [0.25, 0.3) is 0 Å². The minimum absolute atomic E-state index is 0.0448. The lowest BCUT2D eigenvalue weighted by atomic mass is 10.1. The van der Waals surface area contributed by atoms with Crippen LogP contribution >= 0.6 is 15.9 Å². The molecular weight excluding hydrogens is 306 g/mol. The number of hydrogen-bond donors (Lipinski definition) is 1. The van der Waals surface area contributed by atoms with E-state index in [2.05, 4.69) is 20.9 Å². The van der Waals surface area contributed by atoms with Gasteiger partial charge in [0, 0.05) is 16.2 Å². The average Bonchev–Trinajstić information content (AvgIpc) is 2.38. The standard InChI is InChI=1S/C15H16BrNO2/c1-10-4-3-5-17-14(10)9-19-15-11(2)6-13(16)7-12(15)8-18/h3-7,18H,8-9H2,1-2H3. The monoisotopic (exact) mass is 321 g/mol. The quantitative estimate of drug-likeness (QED) is 0.936. The first-order valence-corrected chi connectivity index (χ1v) is 6.84. The van der Waals surface area contributed by atoms with E-state index in [9.17, 15) is 5.11 Å². The third kappa shape index (κ3) is 3.33. The number of nitrogens with zero attached hydrogens (tertiary/aromatic N) is 1. The van der Waals surface area contributed by atoms with Gasteiger partial charge in [0.25, 0.3) is 0 Å². The highest BCUT2D eigenvalue weighted by atomic mass is 79.9. The molecular formula is C15H16BrNO2. The van der Waals surface area contributed by atoms with Gasteiger partial charge < -0.3 is 9.84 Å². The van der Waals surface area contributed by atoms with E-state index in [1.807, 2.05) is 38.1 Å². The second-order valence-electron chi connectivity index (χ2n) is 4.42. The van der Waals surface area contributed by atoms with Gasteiger partial charge in [-0.3, -0.25) is 4.98 Å². The minimum Gasteiger partial charge on any atom is -0.487 e. The van der Waals surface area contributed by atoms with Crippen LogP contribution in [0.5, 0.6) is 5.75 Å². The summed E-state index contributed by atoms with van der Waals surface area (Å²) in [5, 5.41) is 9.40. The molecule has 0 aliphatic rings. The number of rotatable bonds is 4. The van der Waals surface area contributed by atoms with Gasteiger partial charge in [-0.05, 0) is 43.2 Å². The fourth-order valence-corrected chi connectivity index (χ4v) is 2.55. The maximum absolute atomic E-state index is 9.40. The van der Waals surface area contributed by atoms with E-state index in [0.717, 1.165) is 32.6 Å². The Hall–Kier alpha value is -1.39. The maximum atomic E-state index is 9.40. The van der Waals surface area contributed by atoms with Crippen LogP contribution in [0.3, 0.4) is 0 Å². The minimum atomic E-state index is -0.0448. The van der Waals surface area contributed by atoms with Gasteiger partial charge in [-0.15, -0.1) is 0 Å². The Kier molecular flexibility index (Phi) is 4.56. The van der Waals surface area contributed by atoms with E-state index in [1.54, 1.807) is 6.20 Å². The Labute approximate surface area is 121 Å². The molecule has 2 aromatic rings. The summed E-state index contributed by atoms with van der Waals surface area (Å²) in [5.41, 5.74) is 3.78. The zero-order chi connectivity index (χ0) is 13.8. The predicted octanol–water partition coefficient (Wildman–Crippen LogP) is 3.53. The molecule has 0 saturated heterocycles. The van der Waals surface area contributed by atoms with Gasteiger partial charge in [0.2, 0.25) is 0 Å². The number of aryl methyl sites for hydroxylation is 2. The number of aliphatic hydroxyl groups is 1. The summed E-state index contributed by atoms with van der Waals surface area (Å²) in [6.45, 7) is 4.33. The second kappa shape index (κ2) is 6.17. The first kappa shape index (κ1) is 14.0. The lowest BCUT2D eigenvalue weighted by Crippen LogP contribution is -2.04. The van der Waals surface area contributed by atoms with Crippen molar-refractivity contribution in [2.24, 2.45) is 0 Å². The fraction of sp³-hybridized carbons (Fsp3) is 0.267. The van der Waals surface area contributed by atoms with Crippen molar-refractivity contribution in [3.63, 3.8) is 0 Å². The summed E-state index contributed by atoms with van der Waals surface area (Å²) >= 11 is 3.42. The number of ether oxygens (including phenoxy) is 1. The lowest BCUT2D eigenvalue weighted by Gasteiger charge is -2.14. The molecule has 19 heavy (non-hydrogen) atoms. The third-order valence-electron chi connectivity index (χ3n) is 2.96. The summed E-state index contributed by atoms with van der Waals surface area (Å²) in [7, 11) is 0. The zero-order valence-corrected chi connectivity index (χ0v) is 12.6. The third-order valence-corrected chi connectivity index (χ3v) is 3.42. The number of pyridine rings is 1. The van der Waals surface area contributed by atoms with Crippen molar-refractivity contribution < 1.29 is 9.84 Å². The predicted molar refractivity (Wildman–Crippen MR) is 78.1 cm³/mol. The van der Waals surface area contributed by atoms with Gasteiger partial charge in [-0.2, -0.15) is 0 Å². The largest absolute Gasteiger partial charge is 0.487 e. The summed E-state index contributed by atoms with van der Waals surface area (Å²) in [6.07, 6.45) is 1.76. The van der Waals surface area contributed by atoms with Crippen molar-refractivity contribution in [3.8, 4) is 5.75 Å². The maximum Gasteiger partial charge on any atom is 0.130 e. The number of benzene rings is 1. The van der Waals surface area contributed by atoms with Crippen molar-refractivity contribution >= 4 is 15.9 Å². The Morgan fingerprint density at radius 3 is 2.74 bits per heavy atom. The average molecular weight is 322 g/mol. The van der Waals surface area contributed by atoms with Crippen LogP contribution in [0.1, 0.15) is 22.4 Å². The normalized spacial score (nSPS) is 10.5. The van der Waals surface area contributed by atoms with Crippen molar-refractivity contribution in [1.29, 1.82) is 0 Å². The SMILES string of the molecule is Cc1cccnc1COc1c(C)cc(Br)cc1CO. The summed E-state index contributed by atoms with van der Waals surface area (Å²) in [4.78, 5) is 4.30. The van der Waals surface area contributed by atoms with E-state index in [4.69, 9.17) is 4.74 Å². The first-order valence-electron chi connectivity index (χ1n) is 6.05. The molecule has 0 unspecified atom stereocenters. The van der Waals surface area contributed by atoms with Crippen molar-refractivity contribution in [2.45, 2.75) is 27.1 Å². The van der Waals surface area contributed by atoms with E-state index < -0.39 is 0 Å². The molecule has 0 bridgehead atoms. The molecule has 0 aliphatic heterocycles. The van der Waals surface area contributed by atoms with E-state index in [-0.39, 0.29) is 6.61 Å². The van der Waals surface area contributed by atoms with Crippen LogP contribution < -0.4 is 4.74 Å². The summed E-state index contributed by atoms with van der Waals surface area (Å²) in [5.74, 6) is 0.732. The highest BCUT2D eigenvalue weighted by molar-refractivity contribution is 9.10. The molecule has 4 heteroatoms. The summed E-state index contributed by atoms with van der Waals surface area (Å²) < 4.78 is 6.78. The van der Waals surface area contributed by atoms with Crippen LogP contribution in [0, 0.1) is 13.8 Å². The Morgan fingerprint density at radius 2 is 2.05 bits per heavy atom. The van der Waals surface area contributed by atoms with Crippen LogP contribution in [-0.4, -0.2) is 10.1 Å². The molecule has 0 amide bonds. The summed E-state index contributed by atoms with van der Waals surface area (Å²) in [6, 6.07) is 7.75. The smallest absolute Gasteiger partial charge is 0.130 e. The molecule has 0 fully saturated rings. The van der Waals surface area contributed by atoms with Gasteiger partial charge >= 0.3 is 0 Å². The van der Waals surface area contributed by atoms with Crippen molar-refractivity contribution in [3.05, 3.63) is 57.3 Å². The number of hydrogen-bond acceptors (Lipinski definition) is 3. The Bertz CT molecular complexity index is 584. The molecule has 0 spiro atoms. The lowest BCUT2D eigenvalue weighted by molar-refractivity contribution is 0.256. The van der Waals surface area contributed by atoms with Gasteiger partial charge in [-0.25, -0.2) is 0 Å². The highest BCUT2D eigenvalue weighted by Crippen LogP contribution is 2.28. The molecule has 1 N–H and O–H groups in total. The molecule has 0 saturated carbocycles. The Balaban J connectivity index is 2.22. The van der Waals surface area contributed by atoms with Crippen LogP contribution in [0.15, 0.2) is 34.9 Å². The molecule has 0 radical (unpaired) electrons. The number of halogens is 1. The van der Waals surface area contributed by atoms with E-state index in [1.165, 1.54) is 0 Å². The van der Waals surface area contributed by atoms with Crippen LogP contribution in [0.2, 0.25) is 0 Å². The van der Waals surface area contributed by atoms with Crippen molar-refractivity contribution in [1.82, 2.24) is 4.98 Å². The van der Waals surface area contributed by atoms with Gasteiger partial charge in [0.05, 0.1) is 12.3 Å². The van der Waals surface area contributed by atoms with E-state index in [0.29, 0.717) is 6.61 Å². The molecule has 1 aromatic carbocycles. The highest BCUT2D eigenvalue weighted by Gasteiger charge is 2.09. The van der Waals surface area contributed by atoms with Crippen LogP contribution in [-0.2, 0) is 13.2 Å². The first-order chi connectivity index (χ1) is 9.11. The zero-order valence-electron chi connectivity index (χ0n) is 11.0. The van der Waals surface area contributed by atoms with Crippen molar-refractivity contribution in [2.75, 3.05) is 0 Å². The molecule has 1 heterocycles. The van der Waals surface area contributed by atoms with E-state index >= 15 is 0 Å².